The molecule has 0 unspecified atom stereocenters. The molecule has 1 aliphatic carbocycles. The molecule has 1 aliphatic rings. The van der Waals surface area contributed by atoms with Crippen molar-refractivity contribution in [2.75, 3.05) is 0 Å². The van der Waals surface area contributed by atoms with Gasteiger partial charge in [0.15, 0.2) is 0 Å². The van der Waals surface area contributed by atoms with E-state index >= 15 is 0 Å². The lowest BCUT2D eigenvalue weighted by molar-refractivity contribution is -0.152. The van der Waals surface area contributed by atoms with Crippen molar-refractivity contribution < 1.29 is 9.90 Å². The highest BCUT2D eigenvalue weighted by atomic mass is 16.4. The first-order valence-corrected chi connectivity index (χ1v) is 7.64. The third-order valence-electron chi connectivity index (χ3n) is 5.03. The molecule has 4 nitrogen and oxygen atoms in total. The van der Waals surface area contributed by atoms with Crippen LogP contribution in [0.15, 0.2) is 12.4 Å². The fourth-order valence-electron chi connectivity index (χ4n) is 3.41. The van der Waals surface area contributed by atoms with Crippen molar-refractivity contribution in [1.29, 1.82) is 0 Å². The summed E-state index contributed by atoms with van der Waals surface area (Å²) in [5.74, 6) is 0.754. The number of rotatable bonds is 5. The summed E-state index contributed by atoms with van der Waals surface area (Å²) in [5, 5.41) is 13.8. The Balaban J connectivity index is 1.99. The third kappa shape index (κ3) is 3.22. The Morgan fingerprint density at radius 1 is 1.50 bits per heavy atom. The summed E-state index contributed by atoms with van der Waals surface area (Å²) in [6, 6.07) is 0. The molecule has 0 saturated heterocycles. The van der Waals surface area contributed by atoms with E-state index < -0.39 is 11.4 Å². The molecule has 0 atom stereocenters. The number of hydrogen-bond acceptors (Lipinski definition) is 2. The predicted molar refractivity (Wildman–Crippen MR) is 78.4 cm³/mol. The van der Waals surface area contributed by atoms with E-state index in [0.29, 0.717) is 11.8 Å². The highest BCUT2D eigenvalue weighted by Crippen LogP contribution is 2.44. The van der Waals surface area contributed by atoms with Crippen molar-refractivity contribution in [2.45, 2.75) is 52.4 Å². The smallest absolute Gasteiger partial charge is 0.309 e. The Hall–Kier alpha value is -1.32. The van der Waals surface area contributed by atoms with Crippen LogP contribution in [0.2, 0.25) is 0 Å². The first-order valence-electron chi connectivity index (χ1n) is 7.64. The van der Waals surface area contributed by atoms with E-state index in [-0.39, 0.29) is 0 Å². The van der Waals surface area contributed by atoms with E-state index in [9.17, 15) is 9.90 Å². The lowest BCUT2D eigenvalue weighted by Crippen LogP contribution is -2.36. The Kier molecular flexibility index (Phi) is 4.51. The molecule has 1 heterocycles. The number of carboxylic acids is 1. The zero-order valence-electron chi connectivity index (χ0n) is 12.8. The first-order chi connectivity index (χ1) is 9.43. The molecular formula is C16H26N2O2. The molecule has 0 radical (unpaired) electrons. The summed E-state index contributed by atoms with van der Waals surface area (Å²) < 4.78 is 1.78. The number of aryl methyl sites for hydroxylation is 2. The van der Waals surface area contributed by atoms with Crippen LogP contribution in [0.1, 0.15) is 51.5 Å². The number of aromatic nitrogens is 2. The second-order valence-corrected chi connectivity index (χ2v) is 6.69. The van der Waals surface area contributed by atoms with Gasteiger partial charge in [-0.3, -0.25) is 9.48 Å². The van der Waals surface area contributed by atoms with Crippen molar-refractivity contribution in [2.24, 2.45) is 24.3 Å². The number of nitrogens with zero attached hydrogens (tertiary/aromatic N) is 2. The summed E-state index contributed by atoms with van der Waals surface area (Å²) in [6.07, 6.45) is 9.13. The van der Waals surface area contributed by atoms with E-state index in [1.807, 2.05) is 19.4 Å². The van der Waals surface area contributed by atoms with Crippen LogP contribution >= 0.6 is 0 Å². The fourth-order valence-corrected chi connectivity index (χ4v) is 3.41. The number of carboxylic acid groups (broad SMARTS) is 1. The molecule has 20 heavy (non-hydrogen) atoms. The lowest BCUT2D eigenvalue weighted by Gasteiger charge is -2.38. The van der Waals surface area contributed by atoms with Crippen molar-refractivity contribution >= 4 is 5.97 Å². The average molecular weight is 278 g/mol. The molecule has 1 aromatic rings. The van der Waals surface area contributed by atoms with Crippen molar-refractivity contribution in [3.63, 3.8) is 0 Å². The van der Waals surface area contributed by atoms with Gasteiger partial charge in [0.05, 0.1) is 11.6 Å². The van der Waals surface area contributed by atoms with Gasteiger partial charge in [-0.25, -0.2) is 0 Å². The zero-order valence-corrected chi connectivity index (χ0v) is 12.8. The van der Waals surface area contributed by atoms with Crippen molar-refractivity contribution in [1.82, 2.24) is 9.78 Å². The van der Waals surface area contributed by atoms with Gasteiger partial charge in [0, 0.05) is 13.2 Å². The van der Waals surface area contributed by atoms with E-state index in [1.165, 1.54) is 0 Å². The minimum Gasteiger partial charge on any atom is -0.481 e. The van der Waals surface area contributed by atoms with Crippen LogP contribution < -0.4 is 0 Å². The SMILES string of the molecule is CC(C)C1CCC(CCc2cnn(C)c2)(C(=O)O)CC1. The second kappa shape index (κ2) is 5.98. The maximum Gasteiger partial charge on any atom is 0.309 e. The van der Waals surface area contributed by atoms with Crippen LogP contribution in [0.5, 0.6) is 0 Å². The van der Waals surface area contributed by atoms with E-state index in [0.717, 1.165) is 44.1 Å². The van der Waals surface area contributed by atoms with Gasteiger partial charge in [0.2, 0.25) is 0 Å². The van der Waals surface area contributed by atoms with Crippen LogP contribution in [0.3, 0.4) is 0 Å². The molecule has 4 heteroatoms. The summed E-state index contributed by atoms with van der Waals surface area (Å²) in [7, 11) is 1.89. The van der Waals surface area contributed by atoms with Crippen molar-refractivity contribution in [3.05, 3.63) is 18.0 Å². The van der Waals surface area contributed by atoms with E-state index in [1.54, 1.807) is 4.68 Å². The van der Waals surface area contributed by atoms with Gasteiger partial charge in [-0.15, -0.1) is 0 Å². The quantitative estimate of drug-likeness (QED) is 0.899. The van der Waals surface area contributed by atoms with Gasteiger partial charge in [-0.2, -0.15) is 5.10 Å². The summed E-state index contributed by atoms with van der Waals surface area (Å²) in [5.41, 5.74) is 0.625. The van der Waals surface area contributed by atoms with Gasteiger partial charge >= 0.3 is 5.97 Å². The molecule has 0 spiro atoms. The zero-order chi connectivity index (χ0) is 14.8. The van der Waals surface area contributed by atoms with Crippen LogP contribution in [-0.4, -0.2) is 20.9 Å². The molecule has 2 rings (SSSR count). The summed E-state index contributed by atoms with van der Waals surface area (Å²) in [6.45, 7) is 4.49. The third-order valence-corrected chi connectivity index (χ3v) is 5.03. The predicted octanol–water partition coefficient (Wildman–Crippen LogP) is 3.27. The molecule has 0 aromatic carbocycles. The minimum absolute atomic E-state index is 0.513. The lowest BCUT2D eigenvalue weighted by atomic mass is 9.66. The standard InChI is InChI=1S/C16H26N2O2/c1-12(2)14-5-8-16(9-6-14,15(19)20)7-4-13-10-17-18(3)11-13/h10-12,14H,4-9H2,1-3H3,(H,19,20). The van der Waals surface area contributed by atoms with Crippen LogP contribution in [0, 0.1) is 17.3 Å². The maximum atomic E-state index is 11.8. The monoisotopic (exact) mass is 278 g/mol. The number of aliphatic carboxylic acids is 1. The molecule has 0 aliphatic heterocycles. The molecule has 1 fully saturated rings. The molecular weight excluding hydrogens is 252 g/mol. The minimum atomic E-state index is -0.608. The number of carbonyl (C=O) groups is 1. The fraction of sp³-hybridized carbons (Fsp3) is 0.750. The summed E-state index contributed by atoms with van der Waals surface area (Å²) in [4.78, 5) is 11.8. The van der Waals surface area contributed by atoms with Crippen LogP contribution in [0.4, 0.5) is 0 Å². The second-order valence-electron chi connectivity index (χ2n) is 6.69. The topological polar surface area (TPSA) is 55.1 Å². The Morgan fingerprint density at radius 3 is 2.60 bits per heavy atom. The summed E-state index contributed by atoms with van der Waals surface area (Å²) >= 11 is 0. The van der Waals surface area contributed by atoms with E-state index in [2.05, 4.69) is 18.9 Å². The molecule has 1 N–H and O–H groups in total. The number of hydrogen-bond donors (Lipinski definition) is 1. The molecule has 112 valence electrons. The van der Waals surface area contributed by atoms with Gasteiger partial charge in [0.1, 0.15) is 0 Å². The molecule has 1 aromatic heterocycles. The largest absolute Gasteiger partial charge is 0.481 e. The average Bonchev–Trinajstić information content (AvgIpc) is 2.82. The van der Waals surface area contributed by atoms with Gasteiger partial charge < -0.3 is 5.11 Å². The van der Waals surface area contributed by atoms with Crippen molar-refractivity contribution in [3.8, 4) is 0 Å². The molecule has 0 amide bonds. The molecule has 0 bridgehead atoms. The molecule has 1 saturated carbocycles. The Morgan fingerprint density at radius 2 is 2.15 bits per heavy atom. The maximum absolute atomic E-state index is 11.8. The van der Waals surface area contributed by atoms with Gasteiger partial charge in [0.25, 0.3) is 0 Å². The van der Waals surface area contributed by atoms with Gasteiger partial charge in [-0.05, 0) is 55.9 Å². The highest BCUT2D eigenvalue weighted by Gasteiger charge is 2.41. The van der Waals surface area contributed by atoms with Crippen LogP contribution in [0.25, 0.3) is 0 Å². The highest BCUT2D eigenvalue weighted by molar-refractivity contribution is 5.74. The Labute approximate surface area is 121 Å². The van der Waals surface area contributed by atoms with Crippen LogP contribution in [-0.2, 0) is 18.3 Å². The van der Waals surface area contributed by atoms with E-state index in [4.69, 9.17) is 0 Å². The Bertz CT molecular complexity index is 457. The first kappa shape index (κ1) is 15.1. The van der Waals surface area contributed by atoms with Gasteiger partial charge in [-0.1, -0.05) is 13.8 Å². The normalized spacial score (nSPS) is 26.9.